The normalized spacial score (nSPS) is 34.8. The lowest BCUT2D eigenvalue weighted by molar-refractivity contribution is -0.119. The summed E-state index contributed by atoms with van der Waals surface area (Å²) in [5, 5.41) is 2.86. The quantitative estimate of drug-likeness (QED) is 0.526. The number of amides is 1. The first-order valence-electron chi connectivity index (χ1n) is 2.50. The third-order valence-electron chi connectivity index (χ3n) is 1.11. The van der Waals surface area contributed by atoms with Crippen LogP contribution in [0.2, 0.25) is 0 Å². The molecule has 0 aromatic carbocycles. The fraction of sp³-hybridized carbons (Fsp3) is 0.750. The van der Waals surface area contributed by atoms with Crippen LogP contribution in [-0.4, -0.2) is 22.5 Å². The van der Waals surface area contributed by atoms with Gasteiger partial charge in [-0.25, -0.2) is 0 Å². The van der Waals surface area contributed by atoms with Gasteiger partial charge in [-0.2, -0.15) is 0 Å². The number of hydrogen-bond donors (Lipinski definition) is 2. The SMILES string of the molecule is NC(=O)C1NCS[C@@H]1Cl. The molecule has 1 amide bonds. The highest BCUT2D eigenvalue weighted by Gasteiger charge is 2.29. The number of carbonyl (C=O) groups excluding carboxylic acids is 1. The number of alkyl halides is 1. The molecule has 1 rings (SSSR count). The van der Waals surface area contributed by atoms with E-state index in [1.165, 1.54) is 11.8 Å². The minimum Gasteiger partial charge on any atom is -0.368 e. The number of nitrogens with one attached hydrogen (secondary N) is 1. The molecular weight excluding hydrogens is 160 g/mol. The van der Waals surface area contributed by atoms with E-state index in [1.807, 2.05) is 0 Å². The lowest BCUT2D eigenvalue weighted by Gasteiger charge is -2.06. The van der Waals surface area contributed by atoms with Gasteiger partial charge in [0.05, 0.1) is 0 Å². The Morgan fingerprint density at radius 1 is 1.89 bits per heavy atom. The number of hydrogen-bond acceptors (Lipinski definition) is 3. The zero-order valence-electron chi connectivity index (χ0n) is 4.63. The van der Waals surface area contributed by atoms with Crippen LogP contribution in [0.1, 0.15) is 0 Å². The Kier molecular flexibility index (Phi) is 2.21. The number of nitrogens with two attached hydrogens (primary N) is 1. The van der Waals surface area contributed by atoms with Crippen molar-refractivity contribution in [3.63, 3.8) is 0 Å². The number of carbonyl (C=O) groups is 1. The first kappa shape index (κ1) is 7.18. The lowest BCUT2D eigenvalue weighted by Crippen LogP contribution is -2.40. The Morgan fingerprint density at radius 3 is 2.78 bits per heavy atom. The topological polar surface area (TPSA) is 55.1 Å². The van der Waals surface area contributed by atoms with Crippen molar-refractivity contribution in [2.24, 2.45) is 5.73 Å². The fourth-order valence-corrected chi connectivity index (χ4v) is 1.90. The Morgan fingerprint density at radius 2 is 2.56 bits per heavy atom. The molecule has 3 N–H and O–H groups in total. The van der Waals surface area contributed by atoms with Crippen molar-refractivity contribution in [1.82, 2.24) is 5.32 Å². The maximum atomic E-state index is 10.5. The minimum absolute atomic E-state index is 0.192. The molecule has 0 aliphatic carbocycles. The predicted molar refractivity (Wildman–Crippen MR) is 38.2 cm³/mol. The van der Waals surface area contributed by atoms with Crippen molar-refractivity contribution in [2.45, 2.75) is 10.8 Å². The third kappa shape index (κ3) is 1.50. The molecule has 1 saturated heterocycles. The van der Waals surface area contributed by atoms with Crippen LogP contribution >= 0.6 is 23.4 Å². The average molecular weight is 167 g/mol. The first-order valence-corrected chi connectivity index (χ1v) is 3.98. The van der Waals surface area contributed by atoms with Gasteiger partial charge >= 0.3 is 0 Å². The van der Waals surface area contributed by atoms with Crippen LogP contribution < -0.4 is 11.1 Å². The van der Waals surface area contributed by atoms with Gasteiger partial charge in [-0.3, -0.25) is 10.1 Å². The van der Waals surface area contributed by atoms with Gasteiger partial charge in [0.25, 0.3) is 0 Å². The molecule has 9 heavy (non-hydrogen) atoms. The van der Waals surface area contributed by atoms with Crippen LogP contribution in [0.3, 0.4) is 0 Å². The molecule has 0 radical (unpaired) electrons. The summed E-state index contributed by atoms with van der Waals surface area (Å²) >= 11 is 7.16. The summed E-state index contributed by atoms with van der Waals surface area (Å²) in [6.45, 7) is 0. The van der Waals surface area contributed by atoms with Crippen molar-refractivity contribution in [1.29, 1.82) is 0 Å². The van der Waals surface area contributed by atoms with Crippen LogP contribution in [0.25, 0.3) is 0 Å². The van der Waals surface area contributed by atoms with Crippen LogP contribution in [0.5, 0.6) is 0 Å². The summed E-state index contributed by atoms with van der Waals surface area (Å²) in [6, 6.07) is -0.350. The number of halogens is 1. The highest BCUT2D eigenvalue weighted by Crippen LogP contribution is 2.23. The van der Waals surface area contributed by atoms with Gasteiger partial charge < -0.3 is 5.73 Å². The summed E-state index contributed by atoms with van der Waals surface area (Å²) < 4.78 is -0.192. The maximum Gasteiger partial charge on any atom is 0.237 e. The summed E-state index contributed by atoms with van der Waals surface area (Å²) in [5.74, 6) is 0.335. The molecule has 0 aromatic heterocycles. The molecule has 1 heterocycles. The van der Waals surface area contributed by atoms with Crippen LogP contribution in [0.4, 0.5) is 0 Å². The van der Waals surface area contributed by atoms with Crippen LogP contribution in [-0.2, 0) is 4.79 Å². The van der Waals surface area contributed by atoms with E-state index < -0.39 is 0 Å². The number of primary amides is 1. The standard InChI is InChI=1S/C4H7ClN2OS/c5-3-2(4(6)8)7-1-9-3/h2-3,7H,1H2,(H2,6,8)/t2?,3-/m0/s1. The second-order valence-electron chi connectivity index (χ2n) is 1.75. The number of thioether (sulfide) groups is 1. The molecule has 0 saturated carbocycles. The Bertz CT molecular complexity index is 132. The monoisotopic (exact) mass is 166 g/mol. The van der Waals surface area contributed by atoms with E-state index in [2.05, 4.69) is 5.32 Å². The van der Waals surface area contributed by atoms with E-state index in [0.29, 0.717) is 5.88 Å². The van der Waals surface area contributed by atoms with Gasteiger partial charge in [0.15, 0.2) is 0 Å². The van der Waals surface area contributed by atoms with E-state index in [0.717, 1.165) is 0 Å². The highest BCUT2D eigenvalue weighted by molar-refractivity contribution is 8.01. The van der Waals surface area contributed by atoms with E-state index >= 15 is 0 Å². The maximum absolute atomic E-state index is 10.5. The molecule has 0 aromatic rings. The third-order valence-corrected chi connectivity index (χ3v) is 2.67. The molecule has 1 unspecified atom stereocenters. The van der Waals surface area contributed by atoms with Crippen molar-refractivity contribution in [3.05, 3.63) is 0 Å². The van der Waals surface area contributed by atoms with Gasteiger partial charge in [0.2, 0.25) is 5.91 Å². The zero-order valence-corrected chi connectivity index (χ0v) is 6.21. The molecule has 1 fully saturated rings. The first-order chi connectivity index (χ1) is 4.22. The van der Waals surface area contributed by atoms with Crippen molar-refractivity contribution >= 4 is 29.3 Å². The van der Waals surface area contributed by atoms with Crippen LogP contribution in [0.15, 0.2) is 0 Å². The summed E-state index contributed by atoms with van der Waals surface area (Å²) in [6.07, 6.45) is 0. The van der Waals surface area contributed by atoms with Crippen molar-refractivity contribution in [3.8, 4) is 0 Å². The zero-order chi connectivity index (χ0) is 6.85. The smallest absolute Gasteiger partial charge is 0.237 e. The van der Waals surface area contributed by atoms with E-state index in [-0.39, 0.29) is 16.7 Å². The molecule has 1 aliphatic heterocycles. The van der Waals surface area contributed by atoms with Crippen molar-refractivity contribution in [2.75, 3.05) is 5.88 Å². The van der Waals surface area contributed by atoms with E-state index in [9.17, 15) is 4.79 Å². The molecule has 3 nitrogen and oxygen atoms in total. The summed E-state index contributed by atoms with van der Waals surface area (Å²) in [5.41, 5.74) is 4.99. The summed E-state index contributed by atoms with van der Waals surface area (Å²) in [4.78, 5) is 10.5. The molecule has 52 valence electrons. The minimum atomic E-state index is -0.375. The molecular formula is C4H7ClN2OS. The van der Waals surface area contributed by atoms with Gasteiger partial charge in [-0.1, -0.05) is 0 Å². The second kappa shape index (κ2) is 2.77. The molecule has 0 bridgehead atoms. The van der Waals surface area contributed by atoms with E-state index in [4.69, 9.17) is 17.3 Å². The predicted octanol–water partition coefficient (Wildman–Crippen LogP) is -0.301. The Balaban J connectivity index is 2.49. The Hall–Kier alpha value is 0.0700. The van der Waals surface area contributed by atoms with Gasteiger partial charge in [-0.15, -0.1) is 23.4 Å². The summed E-state index contributed by atoms with van der Waals surface area (Å²) in [7, 11) is 0. The van der Waals surface area contributed by atoms with Gasteiger partial charge in [-0.05, 0) is 0 Å². The molecule has 5 heteroatoms. The largest absolute Gasteiger partial charge is 0.368 e. The fourth-order valence-electron chi connectivity index (χ4n) is 0.636. The van der Waals surface area contributed by atoms with Crippen LogP contribution in [0, 0.1) is 0 Å². The molecule has 1 aliphatic rings. The molecule has 2 atom stereocenters. The van der Waals surface area contributed by atoms with E-state index in [1.54, 1.807) is 0 Å². The number of rotatable bonds is 1. The van der Waals surface area contributed by atoms with Gasteiger partial charge in [0.1, 0.15) is 10.8 Å². The second-order valence-corrected chi connectivity index (χ2v) is 3.61. The molecule has 0 spiro atoms. The average Bonchev–Trinajstić information content (AvgIpc) is 2.13. The van der Waals surface area contributed by atoms with Crippen molar-refractivity contribution < 1.29 is 4.79 Å². The Labute approximate surface area is 62.3 Å². The van der Waals surface area contributed by atoms with Gasteiger partial charge in [0, 0.05) is 5.88 Å². The lowest BCUT2D eigenvalue weighted by atomic mass is 10.3. The highest BCUT2D eigenvalue weighted by atomic mass is 35.5.